The van der Waals surface area contributed by atoms with Gasteiger partial charge in [-0.15, -0.1) is 0 Å². The van der Waals surface area contributed by atoms with E-state index >= 15 is 0 Å². The molecule has 0 aliphatic heterocycles. The summed E-state index contributed by atoms with van der Waals surface area (Å²) in [7, 11) is -3.52. The van der Waals surface area contributed by atoms with E-state index in [1.807, 2.05) is 32.0 Å². The molecule has 1 unspecified atom stereocenters. The molecule has 2 aromatic rings. The summed E-state index contributed by atoms with van der Waals surface area (Å²) in [6.45, 7) is 9.98. The maximum Gasteiger partial charge on any atom is 0.265 e. The third-order valence-electron chi connectivity index (χ3n) is 4.48. The van der Waals surface area contributed by atoms with Crippen LogP contribution in [0.2, 0.25) is 0 Å². The molecule has 2 aromatic carbocycles. The van der Waals surface area contributed by atoms with Gasteiger partial charge in [-0.3, -0.25) is 4.79 Å². The molecule has 0 bridgehead atoms. The van der Waals surface area contributed by atoms with E-state index in [1.54, 1.807) is 32.9 Å². The van der Waals surface area contributed by atoms with Crippen LogP contribution in [-0.4, -0.2) is 37.8 Å². The number of carbonyl (C=O) groups excluding carboxylic acids is 1. The van der Waals surface area contributed by atoms with Crippen molar-refractivity contribution < 1.29 is 17.9 Å². The predicted molar refractivity (Wildman–Crippen MR) is 111 cm³/mol. The molecule has 0 radical (unpaired) electrons. The Morgan fingerprint density at radius 3 is 2.25 bits per heavy atom. The average molecular weight is 405 g/mol. The maximum absolute atomic E-state index is 12.5. The maximum atomic E-state index is 12.5. The molecule has 152 valence electrons. The van der Waals surface area contributed by atoms with Crippen LogP contribution in [0.4, 0.5) is 5.69 Å². The van der Waals surface area contributed by atoms with Crippen LogP contribution in [-0.2, 0) is 14.8 Å². The van der Waals surface area contributed by atoms with E-state index in [9.17, 15) is 13.2 Å². The van der Waals surface area contributed by atoms with Crippen LogP contribution in [0.1, 0.15) is 31.9 Å². The summed E-state index contributed by atoms with van der Waals surface area (Å²) in [6, 6.07) is 12.0. The molecule has 7 heteroatoms. The summed E-state index contributed by atoms with van der Waals surface area (Å²) in [5.74, 6) is 0.364. The Balaban J connectivity index is 2.07. The van der Waals surface area contributed by atoms with Crippen molar-refractivity contribution >= 4 is 21.6 Å². The van der Waals surface area contributed by atoms with Gasteiger partial charge in [-0.2, -0.15) is 4.31 Å². The Morgan fingerprint density at radius 1 is 1.07 bits per heavy atom. The Morgan fingerprint density at radius 2 is 1.68 bits per heavy atom. The smallest absolute Gasteiger partial charge is 0.265 e. The van der Waals surface area contributed by atoms with Crippen molar-refractivity contribution in [2.45, 2.75) is 45.6 Å². The molecule has 0 aliphatic rings. The van der Waals surface area contributed by atoms with Gasteiger partial charge in [-0.1, -0.05) is 26.0 Å². The number of benzene rings is 2. The molecule has 1 amide bonds. The minimum atomic E-state index is -3.52. The van der Waals surface area contributed by atoms with Crippen LogP contribution in [0.5, 0.6) is 5.75 Å². The molecule has 0 aromatic heterocycles. The van der Waals surface area contributed by atoms with Gasteiger partial charge >= 0.3 is 0 Å². The summed E-state index contributed by atoms with van der Waals surface area (Å²) >= 11 is 0. The summed E-state index contributed by atoms with van der Waals surface area (Å²) in [5.41, 5.74) is 2.52. The summed E-state index contributed by atoms with van der Waals surface area (Å²) in [6.07, 6.45) is -0.695. The molecule has 1 N–H and O–H groups in total. The van der Waals surface area contributed by atoms with Gasteiger partial charge in [-0.25, -0.2) is 8.42 Å². The highest BCUT2D eigenvalue weighted by Gasteiger charge is 2.22. The van der Waals surface area contributed by atoms with Crippen LogP contribution in [0.15, 0.2) is 47.4 Å². The van der Waals surface area contributed by atoms with Crippen LogP contribution in [0.25, 0.3) is 0 Å². The highest BCUT2D eigenvalue weighted by molar-refractivity contribution is 7.89. The summed E-state index contributed by atoms with van der Waals surface area (Å²) in [5, 5.41) is 2.76. The predicted octanol–water partition coefficient (Wildman–Crippen LogP) is 3.74. The molecule has 0 fully saturated rings. The number of nitrogens with zero attached hydrogens (tertiary/aromatic N) is 1. The first-order valence-electron chi connectivity index (χ1n) is 9.34. The lowest BCUT2D eigenvalue weighted by atomic mass is 10.1. The second-order valence-corrected chi connectivity index (χ2v) is 8.57. The largest absolute Gasteiger partial charge is 0.481 e. The normalized spacial score (nSPS) is 12.6. The standard InChI is InChI=1S/C21H28N2O4S/c1-6-23(7-2)28(25,26)19-12-10-18(11-13-19)22-21(24)17(5)27-20-14-15(3)8-9-16(20)4/h8-14,17H,6-7H2,1-5H3,(H,22,24). The quantitative estimate of drug-likeness (QED) is 0.727. The number of hydrogen-bond donors (Lipinski definition) is 1. The van der Waals surface area contributed by atoms with Crippen molar-refractivity contribution in [2.75, 3.05) is 18.4 Å². The average Bonchev–Trinajstić information content (AvgIpc) is 2.65. The van der Waals surface area contributed by atoms with Gasteiger partial charge in [0.1, 0.15) is 5.75 Å². The Hall–Kier alpha value is -2.38. The van der Waals surface area contributed by atoms with Gasteiger partial charge in [-0.05, 0) is 62.2 Å². The van der Waals surface area contributed by atoms with E-state index in [0.29, 0.717) is 24.5 Å². The lowest BCUT2D eigenvalue weighted by Crippen LogP contribution is -2.31. The zero-order valence-corrected chi connectivity index (χ0v) is 17.8. The van der Waals surface area contributed by atoms with Gasteiger partial charge in [0.2, 0.25) is 10.0 Å². The van der Waals surface area contributed by atoms with E-state index in [-0.39, 0.29) is 10.8 Å². The van der Waals surface area contributed by atoms with E-state index in [0.717, 1.165) is 11.1 Å². The summed E-state index contributed by atoms with van der Waals surface area (Å²) < 4.78 is 32.2. The van der Waals surface area contributed by atoms with Crippen LogP contribution < -0.4 is 10.1 Å². The van der Waals surface area contributed by atoms with Crippen molar-refractivity contribution in [1.82, 2.24) is 4.31 Å². The first kappa shape index (κ1) is 21.9. The summed E-state index contributed by atoms with van der Waals surface area (Å²) in [4.78, 5) is 12.6. The third kappa shape index (κ3) is 5.11. The molecule has 6 nitrogen and oxygen atoms in total. The second-order valence-electron chi connectivity index (χ2n) is 6.63. The molecular formula is C21H28N2O4S. The lowest BCUT2D eigenvalue weighted by molar-refractivity contribution is -0.122. The molecule has 0 saturated carbocycles. The number of rotatable bonds is 8. The monoisotopic (exact) mass is 404 g/mol. The van der Waals surface area contributed by atoms with Crippen molar-refractivity contribution in [3.05, 3.63) is 53.6 Å². The van der Waals surface area contributed by atoms with Gasteiger partial charge in [0.05, 0.1) is 4.90 Å². The molecule has 2 rings (SSSR count). The lowest BCUT2D eigenvalue weighted by Gasteiger charge is -2.19. The Labute approximate surface area is 167 Å². The number of nitrogens with one attached hydrogen (secondary N) is 1. The zero-order valence-electron chi connectivity index (χ0n) is 17.0. The minimum Gasteiger partial charge on any atom is -0.481 e. The van der Waals surface area contributed by atoms with E-state index in [1.165, 1.54) is 16.4 Å². The third-order valence-corrected chi connectivity index (χ3v) is 6.55. The zero-order chi connectivity index (χ0) is 20.9. The number of aryl methyl sites for hydroxylation is 2. The van der Waals surface area contributed by atoms with Crippen molar-refractivity contribution in [3.63, 3.8) is 0 Å². The number of ether oxygens (including phenoxy) is 1. The van der Waals surface area contributed by atoms with E-state index in [4.69, 9.17) is 4.74 Å². The molecule has 0 saturated heterocycles. The number of amides is 1. The van der Waals surface area contributed by atoms with Crippen molar-refractivity contribution in [2.24, 2.45) is 0 Å². The van der Waals surface area contributed by atoms with Crippen molar-refractivity contribution in [1.29, 1.82) is 0 Å². The van der Waals surface area contributed by atoms with Gasteiger partial charge < -0.3 is 10.1 Å². The number of hydrogen-bond acceptors (Lipinski definition) is 4. The SMILES string of the molecule is CCN(CC)S(=O)(=O)c1ccc(NC(=O)C(C)Oc2cc(C)ccc2C)cc1. The van der Waals surface area contributed by atoms with Gasteiger partial charge in [0.15, 0.2) is 6.10 Å². The first-order valence-corrected chi connectivity index (χ1v) is 10.8. The van der Waals surface area contributed by atoms with Gasteiger partial charge in [0.25, 0.3) is 5.91 Å². The highest BCUT2D eigenvalue weighted by Crippen LogP contribution is 2.22. The fraction of sp³-hybridized carbons (Fsp3) is 0.381. The van der Waals surface area contributed by atoms with Gasteiger partial charge in [0, 0.05) is 18.8 Å². The highest BCUT2D eigenvalue weighted by atomic mass is 32.2. The fourth-order valence-electron chi connectivity index (χ4n) is 2.74. The Bertz CT molecular complexity index is 920. The molecule has 28 heavy (non-hydrogen) atoms. The molecule has 0 aliphatic carbocycles. The second kappa shape index (κ2) is 9.21. The topological polar surface area (TPSA) is 75.7 Å². The van der Waals surface area contributed by atoms with E-state index < -0.39 is 16.1 Å². The van der Waals surface area contributed by atoms with Crippen LogP contribution in [0.3, 0.4) is 0 Å². The Kier molecular flexibility index (Phi) is 7.21. The fourth-order valence-corrected chi connectivity index (χ4v) is 4.20. The van der Waals surface area contributed by atoms with Crippen LogP contribution in [0, 0.1) is 13.8 Å². The number of sulfonamides is 1. The van der Waals surface area contributed by atoms with E-state index in [2.05, 4.69) is 5.32 Å². The number of carbonyl (C=O) groups is 1. The minimum absolute atomic E-state index is 0.203. The van der Waals surface area contributed by atoms with Crippen LogP contribution >= 0.6 is 0 Å². The molecule has 1 atom stereocenters. The van der Waals surface area contributed by atoms with Crippen molar-refractivity contribution in [3.8, 4) is 5.75 Å². The molecule has 0 spiro atoms. The molecule has 0 heterocycles. The number of anilines is 1. The molecular weight excluding hydrogens is 376 g/mol. The first-order chi connectivity index (χ1) is 13.2.